The molecule has 6 heteroatoms. The Morgan fingerprint density at radius 3 is 2.36 bits per heavy atom. The maximum atomic E-state index is 10.8. The number of aliphatic hydroxyl groups is 3. The number of rotatable bonds is 1. The Bertz CT molecular complexity index is 222. The summed E-state index contributed by atoms with van der Waals surface area (Å²) in [5, 5.41) is 30.4. The van der Waals surface area contributed by atoms with Crippen LogP contribution >= 0.6 is 0 Å². The molecule has 0 aromatic heterocycles. The molecular weight excluding hydrogens is 190 g/mol. The standard InChI is InChI=1S/C8H15NO5/c1-3-5(9-4(2)10)6(11)7(12)8(13)14-3/h3,5-8,11-13H,1-2H3,(H,9,10)/t3-,5-,6+,7-,8+/m1/s1. The van der Waals surface area contributed by atoms with E-state index in [2.05, 4.69) is 5.32 Å². The van der Waals surface area contributed by atoms with Crippen LogP contribution < -0.4 is 5.32 Å². The van der Waals surface area contributed by atoms with E-state index >= 15 is 0 Å². The van der Waals surface area contributed by atoms with E-state index in [0.717, 1.165) is 0 Å². The van der Waals surface area contributed by atoms with Gasteiger partial charge < -0.3 is 25.4 Å². The third kappa shape index (κ3) is 2.21. The molecule has 0 aromatic carbocycles. The zero-order valence-electron chi connectivity index (χ0n) is 8.04. The third-order valence-corrected chi connectivity index (χ3v) is 2.24. The first-order valence-corrected chi connectivity index (χ1v) is 4.40. The van der Waals surface area contributed by atoms with E-state index < -0.39 is 30.6 Å². The van der Waals surface area contributed by atoms with Gasteiger partial charge in [-0.3, -0.25) is 4.79 Å². The number of carbonyl (C=O) groups is 1. The van der Waals surface area contributed by atoms with Gasteiger partial charge in [0.15, 0.2) is 6.29 Å². The molecule has 1 aliphatic heterocycles. The van der Waals surface area contributed by atoms with Crippen molar-refractivity contribution in [2.24, 2.45) is 0 Å². The highest BCUT2D eigenvalue weighted by Gasteiger charge is 2.42. The molecule has 1 heterocycles. The van der Waals surface area contributed by atoms with Crippen LogP contribution in [-0.4, -0.2) is 51.9 Å². The summed E-state index contributed by atoms with van der Waals surface area (Å²) in [7, 11) is 0. The first-order chi connectivity index (χ1) is 6.43. The van der Waals surface area contributed by atoms with Crippen molar-refractivity contribution in [1.82, 2.24) is 5.32 Å². The molecule has 6 nitrogen and oxygen atoms in total. The third-order valence-electron chi connectivity index (χ3n) is 2.24. The van der Waals surface area contributed by atoms with Gasteiger partial charge in [-0.1, -0.05) is 0 Å². The lowest BCUT2D eigenvalue weighted by atomic mass is 9.97. The SMILES string of the molecule is CC(=O)N[C@H]1[C@H](O)[C@@H](O)[C@@H](O)O[C@@H]1C. The zero-order chi connectivity index (χ0) is 10.9. The predicted molar refractivity (Wildman–Crippen MR) is 46.2 cm³/mol. The number of aliphatic hydroxyl groups excluding tert-OH is 3. The molecule has 0 spiro atoms. The monoisotopic (exact) mass is 205 g/mol. The second-order valence-electron chi connectivity index (χ2n) is 3.44. The average Bonchev–Trinajstić information content (AvgIpc) is 2.09. The summed E-state index contributed by atoms with van der Waals surface area (Å²) in [4.78, 5) is 10.8. The van der Waals surface area contributed by atoms with E-state index in [4.69, 9.17) is 9.84 Å². The summed E-state index contributed by atoms with van der Waals surface area (Å²) >= 11 is 0. The molecule has 4 N–H and O–H groups in total. The van der Waals surface area contributed by atoms with Crippen LogP contribution in [0.4, 0.5) is 0 Å². The molecule has 82 valence electrons. The number of hydrogen-bond donors (Lipinski definition) is 4. The van der Waals surface area contributed by atoms with Gasteiger partial charge in [0, 0.05) is 6.92 Å². The summed E-state index contributed by atoms with van der Waals surface area (Å²) < 4.78 is 4.91. The first-order valence-electron chi connectivity index (χ1n) is 4.40. The van der Waals surface area contributed by atoms with Crippen LogP contribution in [0.3, 0.4) is 0 Å². The number of carbonyl (C=O) groups excluding carboxylic acids is 1. The molecule has 1 fully saturated rings. The van der Waals surface area contributed by atoms with E-state index in [1.807, 2.05) is 0 Å². The second kappa shape index (κ2) is 4.22. The van der Waals surface area contributed by atoms with Crippen LogP contribution in [0.5, 0.6) is 0 Å². The van der Waals surface area contributed by atoms with E-state index in [1.165, 1.54) is 6.92 Å². The molecule has 1 aliphatic rings. The zero-order valence-corrected chi connectivity index (χ0v) is 8.04. The molecule has 0 unspecified atom stereocenters. The summed E-state index contributed by atoms with van der Waals surface area (Å²) in [6.45, 7) is 2.90. The molecule has 1 amide bonds. The lowest BCUT2D eigenvalue weighted by molar-refractivity contribution is -0.253. The largest absolute Gasteiger partial charge is 0.388 e. The van der Waals surface area contributed by atoms with E-state index in [9.17, 15) is 15.0 Å². The van der Waals surface area contributed by atoms with Crippen LogP contribution in [0.25, 0.3) is 0 Å². The van der Waals surface area contributed by atoms with E-state index in [0.29, 0.717) is 0 Å². The molecule has 0 aromatic rings. The minimum atomic E-state index is -1.41. The van der Waals surface area contributed by atoms with Gasteiger partial charge in [0.1, 0.15) is 12.2 Å². The van der Waals surface area contributed by atoms with Crippen LogP contribution in [0.1, 0.15) is 13.8 Å². The smallest absolute Gasteiger partial charge is 0.217 e. The van der Waals surface area contributed by atoms with Crippen LogP contribution in [0, 0.1) is 0 Å². The molecule has 0 saturated carbocycles. The highest BCUT2D eigenvalue weighted by molar-refractivity contribution is 5.73. The van der Waals surface area contributed by atoms with Gasteiger partial charge in [-0.25, -0.2) is 0 Å². The lowest BCUT2D eigenvalue weighted by Crippen LogP contribution is -2.62. The maximum absolute atomic E-state index is 10.8. The Morgan fingerprint density at radius 2 is 1.86 bits per heavy atom. The Balaban J connectivity index is 2.68. The Morgan fingerprint density at radius 1 is 1.29 bits per heavy atom. The Hall–Kier alpha value is -0.690. The molecule has 0 aliphatic carbocycles. The summed E-state index contributed by atoms with van der Waals surface area (Å²) in [6.07, 6.45) is -4.59. The number of nitrogens with one attached hydrogen (secondary N) is 1. The normalized spacial score (nSPS) is 43.4. The maximum Gasteiger partial charge on any atom is 0.217 e. The van der Waals surface area contributed by atoms with E-state index in [-0.39, 0.29) is 5.91 Å². The van der Waals surface area contributed by atoms with Gasteiger partial charge in [-0.15, -0.1) is 0 Å². The quantitative estimate of drug-likeness (QED) is 0.395. The predicted octanol–water partition coefficient (Wildman–Crippen LogP) is -2.05. The highest BCUT2D eigenvalue weighted by atomic mass is 16.6. The number of ether oxygens (including phenoxy) is 1. The summed E-state index contributed by atoms with van der Waals surface area (Å²) in [5.74, 6) is -0.326. The van der Waals surface area contributed by atoms with Crippen molar-refractivity contribution in [3.8, 4) is 0 Å². The fourth-order valence-electron chi connectivity index (χ4n) is 1.48. The summed E-state index contributed by atoms with van der Waals surface area (Å²) in [5.41, 5.74) is 0. The number of amides is 1. The minimum Gasteiger partial charge on any atom is -0.388 e. The molecule has 0 radical (unpaired) electrons. The fourth-order valence-corrected chi connectivity index (χ4v) is 1.48. The molecule has 1 saturated heterocycles. The average molecular weight is 205 g/mol. The minimum absolute atomic E-state index is 0.326. The molecule has 5 atom stereocenters. The lowest BCUT2D eigenvalue weighted by Gasteiger charge is -2.39. The van der Waals surface area contributed by atoms with Gasteiger partial charge in [0.2, 0.25) is 5.91 Å². The van der Waals surface area contributed by atoms with Crippen molar-refractivity contribution in [3.05, 3.63) is 0 Å². The van der Waals surface area contributed by atoms with Crippen molar-refractivity contribution in [2.75, 3.05) is 0 Å². The second-order valence-corrected chi connectivity index (χ2v) is 3.44. The topological polar surface area (TPSA) is 99.0 Å². The Labute approximate surface area is 81.5 Å². The van der Waals surface area contributed by atoms with Crippen LogP contribution in [0.2, 0.25) is 0 Å². The summed E-state index contributed by atoms with van der Waals surface area (Å²) in [6, 6.07) is -0.703. The fraction of sp³-hybridized carbons (Fsp3) is 0.875. The van der Waals surface area contributed by atoms with Crippen molar-refractivity contribution in [1.29, 1.82) is 0 Å². The van der Waals surface area contributed by atoms with Crippen molar-refractivity contribution >= 4 is 5.91 Å². The molecule has 1 rings (SSSR count). The van der Waals surface area contributed by atoms with Crippen LogP contribution in [0.15, 0.2) is 0 Å². The number of hydrogen-bond acceptors (Lipinski definition) is 5. The van der Waals surface area contributed by atoms with Gasteiger partial charge in [-0.2, -0.15) is 0 Å². The highest BCUT2D eigenvalue weighted by Crippen LogP contribution is 2.19. The van der Waals surface area contributed by atoms with Gasteiger partial charge >= 0.3 is 0 Å². The van der Waals surface area contributed by atoms with Gasteiger partial charge in [-0.05, 0) is 6.92 Å². The van der Waals surface area contributed by atoms with E-state index in [1.54, 1.807) is 6.92 Å². The molecule has 14 heavy (non-hydrogen) atoms. The Kier molecular flexibility index (Phi) is 3.43. The van der Waals surface area contributed by atoms with Crippen molar-refractivity contribution in [3.63, 3.8) is 0 Å². The van der Waals surface area contributed by atoms with Crippen LogP contribution in [-0.2, 0) is 9.53 Å². The first kappa shape index (κ1) is 11.4. The van der Waals surface area contributed by atoms with Gasteiger partial charge in [0.25, 0.3) is 0 Å². The van der Waals surface area contributed by atoms with Gasteiger partial charge in [0.05, 0.1) is 12.1 Å². The van der Waals surface area contributed by atoms with Crippen molar-refractivity contribution < 1.29 is 24.9 Å². The molecule has 0 bridgehead atoms. The molecular formula is C8H15NO5. The van der Waals surface area contributed by atoms with Crippen molar-refractivity contribution in [2.45, 2.75) is 44.5 Å².